The SMILES string of the molecule is C.C.CCc1cc(NC(=O)COC(=O)Nc2ccc(C)c(N=C=O)c2)ccc1C.Cc1ccc(N=C=O)cc1N=C=O.OCCO. The first-order chi connectivity index (χ1) is 21.1. The topological polar surface area (TPSA) is 196 Å². The van der Waals surface area contributed by atoms with Crippen LogP contribution < -0.4 is 10.6 Å². The van der Waals surface area contributed by atoms with Crippen LogP contribution in [0.1, 0.15) is 44.0 Å². The fraction of sp³-hybridized carbons (Fsp3) is 0.303. The van der Waals surface area contributed by atoms with Gasteiger partial charge in [-0.1, -0.05) is 40.0 Å². The van der Waals surface area contributed by atoms with Crippen LogP contribution in [-0.4, -0.2) is 60.3 Å². The van der Waals surface area contributed by atoms with Crippen molar-refractivity contribution >= 4 is 58.7 Å². The Labute approximate surface area is 268 Å². The standard InChI is InChI=1S/C20H21N3O4.C9H6N2O2.C2H6O2.2CH4/c1-4-15-9-16(7-5-13(15)2)22-19(25)11-27-20(26)23-17-8-6-14(3)18(10-17)21-12-24;1-7-2-3-8(10-5-12)4-9(7)11-6-13;3-1-2-4;;/h5-10H,4,11H2,1-3H3,(H,22,25)(H,23,26);2-4H,1H3;3-4H,1-2H2;2*1H4. The van der Waals surface area contributed by atoms with Crippen LogP contribution in [0.4, 0.5) is 33.2 Å². The fourth-order valence-corrected chi connectivity index (χ4v) is 3.36. The van der Waals surface area contributed by atoms with Crippen molar-refractivity contribution < 1.29 is 38.9 Å². The number of anilines is 2. The highest BCUT2D eigenvalue weighted by Crippen LogP contribution is 2.24. The number of nitrogens with zero attached hydrogens (tertiary/aromatic N) is 3. The molecule has 0 aliphatic carbocycles. The van der Waals surface area contributed by atoms with Crippen LogP contribution in [0.2, 0.25) is 0 Å². The number of amides is 2. The summed E-state index contributed by atoms with van der Waals surface area (Å²) in [5.74, 6) is -0.439. The number of hydrogen-bond donors (Lipinski definition) is 4. The predicted molar refractivity (Wildman–Crippen MR) is 177 cm³/mol. The first-order valence-corrected chi connectivity index (χ1v) is 13.1. The van der Waals surface area contributed by atoms with Crippen LogP contribution in [0.5, 0.6) is 0 Å². The molecule has 0 radical (unpaired) electrons. The second-order valence-electron chi connectivity index (χ2n) is 8.77. The maximum absolute atomic E-state index is 12.0. The minimum Gasteiger partial charge on any atom is -0.439 e. The van der Waals surface area contributed by atoms with Crippen LogP contribution >= 0.6 is 0 Å². The summed E-state index contributed by atoms with van der Waals surface area (Å²) in [5.41, 5.74) is 6.22. The van der Waals surface area contributed by atoms with E-state index in [1.54, 1.807) is 44.2 Å². The summed E-state index contributed by atoms with van der Waals surface area (Å²) in [6.07, 6.45) is 4.37. The first-order valence-electron chi connectivity index (χ1n) is 13.1. The van der Waals surface area contributed by atoms with Crippen molar-refractivity contribution in [1.29, 1.82) is 0 Å². The predicted octanol–water partition coefficient (Wildman–Crippen LogP) is 6.19. The zero-order valence-electron chi connectivity index (χ0n) is 24.7. The van der Waals surface area contributed by atoms with Gasteiger partial charge in [0.2, 0.25) is 18.2 Å². The summed E-state index contributed by atoms with van der Waals surface area (Å²) in [6.45, 7) is 6.95. The van der Waals surface area contributed by atoms with Crippen LogP contribution in [0.25, 0.3) is 0 Å². The van der Waals surface area contributed by atoms with E-state index in [9.17, 15) is 24.0 Å². The summed E-state index contributed by atoms with van der Waals surface area (Å²) < 4.78 is 4.92. The van der Waals surface area contributed by atoms with Gasteiger partial charge in [-0.2, -0.15) is 15.0 Å². The number of aryl methyl sites for hydroxylation is 4. The number of carbonyl (C=O) groups excluding carboxylic acids is 5. The monoisotopic (exact) mass is 635 g/mol. The fourth-order valence-electron chi connectivity index (χ4n) is 3.36. The lowest BCUT2D eigenvalue weighted by atomic mass is 10.1. The van der Waals surface area contributed by atoms with E-state index in [0.29, 0.717) is 28.4 Å². The van der Waals surface area contributed by atoms with Gasteiger partial charge in [0.15, 0.2) is 6.61 Å². The highest BCUT2D eigenvalue weighted by atomic mass is 16.6. The average Bonchev–Trinajstić information content (AvgIpc) is 3.01. The number of rotatable bonds is 9. The van der Waals surface area contributed by atoms with Gasteiger partial charge in [-0.25, -0.2) is 19.2 Å². The molecule has 0 bridgehead atoms. The molecule has 0 aliphatic heterocycles. The number of ether oxygens (including phenoxy) is 1. The van der Waals surface area contributed by atoms with Crippen LogP contribution in [0, 0.1) is 20.8 Å². The minimum absolute atomic E-state index is 0. The van der Waals surface area contributed by atoms with E-state index >= 15 is 0 Å². The van der Waals surface area contributed by atoms with Crippen molar-refractivity contribution in [3.63, 3.8) is 0 Å². The molecule has 3 aromatic carbocycles. The molecule has 0 aliphatic rings. The molecule has 0 spiro atoms. The number of benzene rings is 3. The molecule has 0 heterocycles. The molecule has 46 heavy (non-hydrogen) atoms. The molecule has 13 nitrogen and oxygen atoms in total. The molecular weight excluding hydrogens is 594 g/mol. The number of hydrogen-bond acceptors (Lipinski definition) is 11. The molecule has 4 N–H and O–H groups in total. The number of aliphatic hydroxyl groups excluding tert-OH is 2. The Kier molecular flexibility index (Phi) is 22.1. The van der Waals surface area contributed by atoms with Crippen molar-refractivity contribution in [2.75, 3.05) is 30.5 Å². The molecule has 0 saturated heterocycles. The lowest BCUT2D eigenvalue weighted by Crippen LogP contribution is -2.23. The molecule has 0 atom stereocenters. The van der Waals surface area contributed by atoms with Gasteiger partial charge in [0.05, 0.1) is 30.3 Å². The summed E-state index contributed by atoms with van der Waals surface area (Å²) >= 11 is 0. The minimum atomic E-state index is -0.784. The molecule has 0 unspecified atom stereocenters. The number of aliphatic imine (C=N–C) groups is 3. The third-order valence-corrected chi connectivity index (χ3v) is 5.60. The average molecular weight is 636 g/mol. The van der Waals surface area contributed by atoms with Gasteiger partial charge in [0.25, 0.3) is 5.91 Å². The third-order valence-electron chi connectivity index (χ3n) is 5.60. The molecule has 0 aromatic heterocycles. The zero-order valence-corrected chi connectivity index (χ0v) is 24.7. The Bertz CT molecular complexity index is 1570. The van der Waals surface area contributed by atoms with Crippen molar-refractivity contribution in [2.45, 2.75) is 49.0 Å². The maximum atomic E-state index is 12.0. The Morgan fingerprint density at radius 3 is 1.74 bits per heavy atom. The maximum Gasteiger partial charge on any atom is 0.412 e. The number of aliphatic hydroxyl groups is 2. The first kappa shape index (κ1) is 42.6. The molecule has 3 aromatic rings. The summed E-state index contributed by atoms with van der Waals surface area (Å²) in [5, 5.41) is 20.4. The van der Waals surface area contributed by atoms with Gasteiger partial charge < -0.3 is 20.3 Å². The normalized spacial score (nSPS) is 8.83. The second-order valence-corrected chi connectivity index (χ2v) is 8.77. The van der Waals surface area contributed by atoms with Crippen LogP contribution in [0.15, 0.2) is 69.6 Å². The zero-order chi connectivity index (χ0) is 32.9. The van der Waals surface area contributed by atoms with Crippen LogP contribution in [0.3, 0.4) is 0 Å². The lowest BCUT2D eigenvalue weighted by Gasteiger charge is -2.10. The van der Waals surface area contributed by atoms with Crippen molar-refractivity contribution in [2.24, 2.45) is 15.0 Å². The van der Waals surface area contributed by atoms with Gasteiger partial charge >= 0.3 is 6.09 Å². The van der Waals surface area contributed by atoms with Crippen molar-refractivity contribution in [3.8, 4) is 0 Å². The largest absolute Gasteiger partial charge is 0.439 e. The highest BCUT2D eigenvalue weighted by molar-refractivity contribution is 5.94. The summed E-state index contributed by atoms with van der Waals surface area (Å²) in [4.78, 5) is 64.5. The highest BCUT2D eigenvalue weighted by Gasteiger charge is 2.10. The van der Waals surface area contributed by atoms with Gasteiger partial charge in [0, 0.05) is 11.4 Å². The van der Waals surface area contributed by atoms with E-state index < -0.39 is 18.6 Å². The van der Waals surface area contributed by atoms with Gasteiger partial charge in [-0.15, -0.1) is 0 Å². The Morgan fingerprint density at radius 2 is 1.22 bits per heavy atom. The summed E-state index contributed by atoms with van der Waals surface area (Å²) in [6, 6.07) is 15.4. The Morgan fingerprint density at radius 1 is 0.717 bits per heavy atom. The molecule has 0 saturated carbocycles. The van der Waals surface area contributed by atoms with E-state index in [0.717, 1.165) is 28.7 Å². The van der Waals surface area contributed by atoms with Crippen LogP contribution in [-0.2, 0) is 30.3 Å². The van der Waals surface area contributed by atoms with E-state index in [2.05, 4.69) is 25.6 Å². The molecule has 246 valence electrons. The van der Waals surface area contributed by atoms with Gasteiger partial charge in [-0.3, -0.25) is 10.1 Å². The third kappa shape index (κ3) is 15.8. The molecule has 2 amide bonds. The van der Waals surface area contributed by atoms with Crippen molar-refractivity contribution in [3.05, 3.63) is 76.9 Å². The van der Waals surface area contributed by atoms with E-state index in [4.69, 9.17) is 14.9 Å². The quantitative estimate of drug-likeness (QED) is 0.158. The van der Waals surface area contributed by atoms with Crippen molar-refractivity contribution in [1.82, 2.24) is 0 Å². The number of isocyanates is 3. The summed E-state index contributed by atoms with van der Waals surface area (Å²) in [7, 11) is 0. The smallest absolute Gasteiger partial charge is 0.412 e. The lowest BCUT2D eigenvalue weighted by molar-refractivity contribution is -0.118. The van der Waals surface area contributed by atoms with E-state index in [1.807, 2.05) is 26.0 Å². The molecular formula is C33H41N5O8. The van der Waals surface area contributed by atoms with Gasteiger partial charge in [-0.05, 0) is 85.8 Å². The Balaban J connectivity index is 0. The molecule has 13 heteroatoms. The molecule has 0 fully saturated rings. The Hall–Kier alpha value is -5.54. The van der Waals surface area contributed by atoms with E-state index in [-0.39, 0.29) is 28.1 Å². The number of nitrogens with one attached hydrogen (secondary N) is 2. The second kappa shape index (κ2) is 23.9. The van der Waals surface area contributed by atoms with Gasteiger partial charge in [0.1, 0.15) is 0 Å². The van der Waals surface area contributed by atoms with E-state index in [1.165, 1.54) is 30.4 Å². The number of carbonyl (C=O) groups is 2. The molecule has 3 rings (SSSR count).